The molecule has 1 aliphatic carbocycles. The van der Waals surface area contributed by atoms with Crippen molar-refractivity contribution in [1.29, 1.82) is 0 Å². The highest BCUT2D eigenvalue weighted by atomic mass is 16.1. The van der Waals surface area contributed by atoms with Crippen LogP contribution in [-0.4, -0.2) is 19.0 Å². The Morgan fingerprint density at radius 2 is 2.17 bits per heavy atom. The van der Waals surface area contributed by atoms with Gasteiger partial charge < -0.3 is 10.6 Å². The van der Waals surface area contributed by atoms with Crippen LogP contribution in [0, 0.1) is 12.8 Å². The van der Waals surface area contributed by atoms with Crippen molar-refractivity contribution in [3.63, 3.8) is 0 Å². The summed E-state index contributed by atoms with van der Waals surface area (Å²) in [4.78, 5) is 11.9. The molecule has 0 spiro atoms. The SMILES string of the molecule is CCCNc1ccc(C(=O)NCC2CC2)cc1C. The third-order valence-corrected chi connectivity index (χ3v) is 3.30. The summed E-state index contributed by atoms with van der Waals surface area (Å²) in [5.41, 5.74) is 3.01. The first-order chi connectivity index (χ1) is 8.70. The van der Waals surface area contributed by atoms with Gasteiger partial charge in [-0.2, -0.15) is 0 Å². The van der Waals surface area contributed by atoms with Crippen molar-refractivity contribution < 1.29 is 4.79 Å². The lowest BCUT2D eigenvalue weighted by atomic mass is 10.1. The lowest BCUT2D eigenvalue weighted by Gasteiger charge is -2.10. The molecule has 0 unspecified atom stereocenters. The van der Waals surface area contributed by atoms with Crippen molar-refractivity contribution >= 4 is 11.6 Å². The molecule has 1 saturated carbocycles. The molecule has 0 radical (unpaired) electrons. The van der Waals surface area contributed by atoms with Crippen molar-refractivity contribution in [2.24, 2.45) is 5.92 Å². The van der Waals surface area contributed by atoms with Crippen LogP contribution in [0.4, 0.5) is 5.69 Å². The molecule has 98 valence electrons. The first-order valence-electron chi connectivity index (χ1n) is 6.83. The summed E-state index contributed by atoms with van der Waals surface area (Å²) in [7, 11) is 0. The van der Waals surface area contributed by atoms with E-state index < -0.39 is 0 Å². The molecule has 18 heavy (non-hydrogen) atoms. The summed E-state index contributed by atoms with van der Waals surface area (Å²) in [6.07, 6.45) is 3.63. The highest BCUT2D eigenvalue weighted by Gasteiger charge is 2.21. The first kappa shape index (κ1) is 12.9. The van der Waals surface area contributed by atoms with E-state index in [1.54, 1.807) is 0 Å². The number of carbonyl (C=O) groups excluding carboxylic acids is 1. The molecule has 0 aromatic heterocycles. The third kappa shape index (κ3) is 3.49. The van der Waals surface area contributed by atoms with Crippen molar-refractivity contribution in [3.8, 4) is 0 Å². The summed E-state index contributed by atoms with van der Waals surface area (Å²) < 4.78 is 0. The van der Waals surface area contributed by atoms with Gasteiger partial charge in [-0.3, -0.25) is 4.79 Å². The maximum Gasteiger partial charge on any atom is 0.251 e. The molecule has 1 aromatic carbocycles. The van der Waals surface area contributed by atoms with Gasteiger partial charge in [0.2, 0.25) is 0 Å². The Labute approximate surface area is 109 Å². The molecule has 1 aliphatic rings. The highest BCUT2D eigenvalue weighted by Crippen LogP contribution is 2.27. The molecule has 0 atom stereocenters. The molecule has 1 aromatic rings. The fraction of sp³-hybridized carbons (Fsp3) is 0.533. The molecule has 0 aliphatic heterocycles. The summed E-state index contributed by atoms with van der Waals surface area (Å²) in [6.45, 7) is 5.97. The Bertz CT molecular complexity index is 425. The summed E-state index contributed by atoms with van der Waals surface area (Å²) in [5.74, 6) is 0.771. The molecule has 2 N–H and O–H groups in total. The molecule has 3 nitrogen and oxygen atoms in total. The Morgan fingerprint density at radius 1 is 1.39 bits per heavy atom. The van der Waals surface area contributed by atoms with Gasteiger partial charge in [-0.1, -0.05) is 6.92 Å². The predicted octanol–water partition coefficient (Wildman–Crippen LogP) is 2.96. The van der Waals surface area contributed by atoms with Crippen LogP contribution < -0.4 is 10.6 Å². The zero-order valence-electron chi connectivity index (χ0n) is 11.3. The van der Waals surface area contributed by atoms with E-state index in [-0.39, 0.29) is 5.91 Å². The Morgan fingerprint density at radius 3 is 2.78 bits per heavy atom. The Balaban J connectivity index is 1.95. The topological polar surface area (TPSA) is 41.1 Å². The van der Waals surface area contributed by atoms with Gasteiger partial charge in [0, 0.05) is 24.3 Å². The van der Waals surface area contributed by atoms with Gasteiger partial charge in [-0.25, -0.2) is 0 Å². The maximum absolute atomic E-state index is 11.9. The van der Waals surface area contributed by atoms with E-state index in [2.05, 4.69) is 17.6 Å². The van der Waals surface area contributed by atoms with E-state index in [9.17, 15) is 4.79 Å². The van der Waals surface area contributed by atoms with Crippen LogP contribution in [0.2, 0.25) is 0 Å². The number of rotatable bonds is 6. The highest BCUT2D eigenvalue weighted by molar-refractivity contribution is 5.94. The second kappa shape index (κ2) is 5.89. The largest absolute Gasteiger partial charge is 0.385 e. The van der Waals surface area contributed by atoms with Crippen molar-refractivity contribution in [2.75, 3.05) is 18.4 Å². The minimum absolute atomic E-state index is 0.0482. The molecular formula is C15H22N2O. The number of hydrogen-bond acceptors (Lipinski definition) is 2. The van der Waals surface area contributed by atoms with Crippen LogP contribution in [0.25, 0.3) is 0 Å². The fourth-order valence-electron chi connectivity index (χ4n) is 1.92. The van der Waals surface area contributed by atoms with Crippen molar-refractivity contribution in [3.05, 3.63) is 29.3 Å². The quantitative estimate of drug-likeness (QED) is 0.810. The Hall–Kier alpha value is -1.51. The minimum atomic E-state index is 0.0482. The third-order valence-electron chi connectivity index (χ3n) is 3.30. The second-order valence-electron chi connectivity index (χ2n) is 5.11. The number of carbonyl (C=O) groups is 1. The average Bonchev–Trinajstić information content (AvgIpc) is 3.18. The van der Waals surface area contributed by atoms with Crippen LogP contribution in [0.15, 0.2) is 18.2 Å². The number of nitrogens with one attached hydrogen (secondary N) is 2. The van der Waals surface area contributed by atoms with E-state index in [0.29, 0.717) is 0 Å². The van der Waals surface area contributed by atoms with E-state index in [0.717, 1.165) is 42.2 Å². The number of benzene rings is 1. The van der Waals surface area contributed by atoms with E-state index in [1.165, 1.54) is 12.8 Å². The van der Waals surface area contributed by atoms with Gasteiger partial charge in [-0.05, 0) is 55.9 Å². The van der Waals surface area contributed by atoms with Crippen LogP contribution in [0.1, 0.15) is 42.1 Å². The van der Waals surface area contributed by atoms with E-state index in [4.69, 9.17) is 0 Å². The van der Waals surface area contributed by atoms with Crippen LogP contribution in [-0.2, 0) is 0 Å². The Kier molecular flexibility index (Phi) is 4.24. The lowest BCUT2D eigenvalue weighted by molar-refractivity contribution is 0.0952. The minimum Gasteiger partial charge on any atom is -0.385 e. The fourth-order valence-corrected chi connectivity index (χ4v) is 1.92. The van der Waals surface area contributed by atoms with Gasteiger partial charge in [-0.15, -0.1) is 0 Å². The zero-order chi connectivity index (χ0) is 13.0. The molecule has 0 heterocycles. The maximum atomic E-state index is 11.9. The van der Waals surface area contributed by atoms with Crippen LogP contribution >= 0.6 is 0 Å². The normalized spacial score (nSPS) is 14.3. The molecule has 2 rings (SSSR count). The average molecular weight is 246 g/mol. The van der Waals surface area contributed by atoms with Gasteiger partial charge >= 0.3 is 0 Å². The van der Waals surface area contributed by atoms with Gasteiger partial charge in [0.05, 0.1) is 0 Å². The molecule has 3 heteroatoms. The number of hydrogen-bond donors (Lipinski definition) is 2. The smallest absolute Gasteiger partial charge is 0.251 e. The van der Waals surface area contributed by atoms with Crippen LogP contribution in [0.5, 0.6) is 0 Å². The lowest BCUT2D eigenvalue weighted by Crippen LogP contribution is -2.25. The van der Waals surface area contributed by atoms with Gasteiger partial charge in [0.15, 0.2) is 0 Å². The van der Waals surface area contributed by atoms with Gasteiger partial charge in [0.25, 0.3) is 5.91 Å². The molecular weight excluding hydrogens is 224 g/mol. The second-order valence-corrected chi connectivity index (χ2v) is 5.11. The first-order valence-corrected chi connectivity index (χ1v) is 6.83. The van der Waals surface area contributed by atoms with Crippen molar-refractivity contribution in [1.82, 2.24) is 5.32 Å². The summed E-state index contributed by atoms with van der Waals surface area (Å²) in [6, 6.07) is 5.85. The predicted molar refractivity (Wildman–Crippen MR) is 75.0 cm³/mol. The summed E-state index contributed by atoms with van der Waals surface area (Å²) >= 11 is 0. The van der Waals surface area contributed by atoms with Gasteiger partial charge in [0.1, 0.15) is 0 Å². The molecule has 1 fully saturated rings. The number of amides is 1. The monoisotopic (exact) mass is 246 g/mol. The number of anilines is 1. The zero-order valence-corrected chi connectivity index (χ0v) is 11.3. The van der Waals surface area contributed by atoms with Crippen molar-refractivity contribution in [2.45, 2.75) is 33.1 Å². The summed E-state index contributed by atoms with van der Waals surface area (Å²) in [5, 5.41) is 6.35. The van der Waals surface area contributed by atoms with E-state index >= 15 is 0 Å². The number of aryl methyl sites for hydroxylation is 1. The molecule has 1 amide bonds. The molecule has 0 bridgehead atoms. The van der Waals surface area contributed by atoms with E-state index in [1.807, 2.05) is 25.1 Å². The van der Waals surface area contributed by atoms with Crippen LogP contribution in [0.3, 0.4) is 0 Å². The molecule has 0 saturated heterocycles. The standard InChI is InChI=1S/C15H22N2O/c1-3-8-16-14-7-6-13(9-11(14)2)15(18)17-10-12-4-5-12/h6-7,9,12,16H,3-5,8,10H2,1-2H3,(H,17,18).